The van der Waals surface area contributed by atoms with Crippen LogP contribution in [0.1, 0.15) is 6.92 Å². The third-order valence-corrected chi connectivity index (χ3v) is 0.798. The zero-order valence-electron chi connectivity index (χ0n) is 6.25. The van der Waals surface area contributed by atoms with Crippen LogP contribution in [0.4, 0.5) is 0 Å². The van der Waals surface area contributed by atoms with E-state index in [4.69, 9.17) is 14.6 Å². The lowest BCUT2D eigenvalue weighted by Gasteiger charge is -2.16. The van der Waals surface area contributed by atoms with Crippen molar-refractivity contribution in [1.82, 2.24) is 0 Å². The SMILES string of the molecule is C=CC.OC1COCCO1. The zero-order chi connectivity index (χ0) is 7.82. The van der Waals surface area contributed by atoms with Gasteiger partial charge in [0.2, 0.25) is 0 Å². The van der Waals surface area contributed by atoms with Crippen LogP contribution in [0.2, 0.25) is 0 Å². The van der Waals surface area contributed by atoms with Crippen LogP contribution >= 0.6 is 0 Å². The quantitative estimate of drug-likeness (QED) is 0.507. The summed E-state index contributed by atoms with van der Waals surface area (Å²) >= 11 is 0. The molecule has 0 aromatic carbocycles. The summed E-state index contributed by atoms with van der Waals surface area (Å²) in [5.74, 6) is 0. The highest BCUT2D eigenvalue weighted by Crippen LogP contribution is 1.94. The Kier molecular flexibility index (Phi) is 6.48. The summed E-state index contributed by atoms with van der Waals surface area (Å²) in [6.45, 7) is 6.69. The molecule has 0 radical (unpaired) electrons. The molecule has 1 atom stereocenters. The number of ether oxygens (including phenoxy) is 2. The van der Waals surface area contributed by atoms with Crippen molar-refractivity contribution in [2.24, 2.45) is 0 Å². The molecular weight excluding hydrogens is 132 g/mol. The summed E-state index contributed by atoms with van der Waals surface area (Å²) in [6, 6.07) is 0. The number of aliphatic hydroxyl groups is 1. The summed E-state index contributed by atoms with van der Waals surface area (Å²) in [7, 11) is 0. The van der Waals surface area contributed by atoms with E-state index in [1.165, 1.54) is 0 Å². The van der Waals surface area contributed by atoms with Gasteiger partial charge in [-0.1, -0.05) is 6.08 Å². The van der Waals surface area contributed by atoms with E-state index in [1.807, 2.05) is 6.92 Å². The molecule has 0 aromatic rings. The molecule has 1 fully saturated rings. The van der Waals surface area contributed by atoms with Crippen LogP contribution in [0.5, 0.6) is 0 Å². The van der Waals surface area contributed by atoms with Gasteiger partial charge in [-0.3, -0.25) is 0 Å². The lowest BCUT2D eigenvalue weighted by Crippen LogP contribution is -2.27. The summed E-state index contributed by atoms with van der Waals surface area (Å²) in [4.78, 5) is 0. The summed E-state index contributed by atoms with van der Waals surface area (Å²) in [6.07, 6.45) is 1.06. The van der Waals surface area contributed by atoms with Gasteiger partial charge in [0.1, 0.15) is 0 Å². The Balaban J connectivity index is 0.000000236. The summed E-state index contributed by atoms with van der Waals surface area (Å²) in [5, 5.41) is 8.56. The maximum atomic E-state index is 8.56. The monoisotopic (exact) mass is 146 g/mol. The minimum atomic E-state index is -0.686. The maximum absolute atomic E-state index is 8.56. The molecule has 10 heavy (non-hydrogen) atoms. The van der Waals surface area contributed by atoms with E-state index in [1.54, 1.807) is 6.08 Å². The van der Waals surface area contributed by atoms with Crippen LogP contribution in [0, 0.1) is 0 Å². The first-order valence-corrected chi connectivity index (χ1v) is 3.25. The second-order valence-electron chi connectivity index (χ2n) is 1.81. The van der Waals surface area contributed by atoms with E-state index in [2.05, 4.69) is 6.58 Å². The standard InChI is InChI=1S/C4H8O3.C3H6/c5-4-3-6-1-2-7-4;1-3-2/h4-5H,1-3H2;3H,1H2,2H3. The summed E-state index contributed by atoms with van der Waals surface area (Å²) < 4.78 is 9.52. The van der Waals surface area contributed by atoms with Gasteiger partial charge in [-0.15, -0.1) is 6.58 Å². The number of hydrogen-bond acceptors (Lipinski definition) is 3. The van der Waals surface area contributed by atoms with Gasteiger partial charge in [0.05, 0.1) is 19.8 Å². The van der Waals surface area contributed by atoms with Gasteiger partial charge in [-0.05, 0) is 6.92 Å². The second kappa shape index (κ2) is 6.74. The molecule has 1 aliphatic heterocycles. The van der Waals surface area contributed by atoms with E-state index in [-0.39, 0.29) is 0 Å². The molecule has 3 heteroatoms. The van der Waals surface area contributed by atoms with E-state index < -0.39 is 6.29 Å². The molecule has 3 nitrogen and oxygen atoms in total. The molecule has 1 aliphatic rings. The molecule has 0 saturated carbocycles. The second-order valence-corrected chi connectivity index (χ2v) is 1.81. The highest BCUT2D eigenvalue weighted by atomic mass is 16.7. The van der Waals surface area contributed by atoms with Gasteiger partial charge in [0.25, 0.3) is 0 Å². The molecule has 0 aromatic heterocycles. The number of allylic oxidation sites excluding steroid dienone is 1. The first-order valence-electron chi connectivity index (χ1n) is 3.25. The molecular formula is C7H14O3. The van der Waals surface area contributed by atoms with Crippen LogP contribution in [-0.4, -0.2) is 31.2 Å². The van der Waals surface area contributed by atoms with Crippen molar-refractivity contribution in [2.45, 2.75) is 13.2 Å². The molecule has 60 valence electrons. The predicted molar refractivity (Wildman–Crippen MR) is 38.6 cm³/mol. The van der Waals surface area contributed by atoms with Crippen molar-refractivity contribution in [3.8, 4) is 0 Å². The maximum Gasteiger partial charge on any atom is 0.178 e. The van der Waals surface area contributed by atoms with Crippen LogP contribution in [0.25, 0.3) is 0 Å². The topological polar surface area (TPSA) is 38.7 Å². The molecule has 1 unspecified atom stereocenters. The van der Waals surface area contributed by atoms with E-state index in [9.17, 15) is 0 Å². The molecule has 1 rings (SSSR count). The largest absolute Gasteiger partial charge is 0.374 e. The lowest BCUT2D eigenvalue weighted by atomic mass is 10.6. The fourth-order valence-corrected chi connectivity index (χ4v) is 0.475. The number of hydrogen-bond donors (Lipinski definition) is 1. The lowest BCUT2D eigenvalue weighted by molar-refractivity contribution is -0.184. The zero-order valence-corrected chi connectivity index (χ0v) is 6.25. The number of aliphatic hydroxyl groups excluding tert-OH is 1. The first-order chi connectivity index (χ1) is 4.81. The first kappa shape index (κ1) is 9.62. The smallest absolute Gasteiger partial charge is 0.178 e. The Hall–Kier alpha value is -0.380. The normalized spacial score (nSPS) is 24.4. The number of rotatable bonds is 0. The average Bonchev–Trinajstić information content (AvgIpc) is 1.91. The van der Waals surface area contributed by atoms with Crippen molar-refractivity contribution in [2.75, 3.05) is 19.8 Å². The van der Waals surface area contributed by atoms with Crippen molar-refractivity contribution < 1.29 is 14.6 Å². The van der Waals surface area contributed by atoms with Crippen LogP contribution in [0.15, 0.2) is 12.7 Å². The Labute approximate surface area is 61.3 Å². The van der Waals surface area contributed by atoms with Gasteiger partial charge in [0.15, 0.2) is 6.29 Å². The molecule has 1 saturated heterocycles. The van der Waals surface area contributed by atoms with Gasteiger partial charge in [-0.25, -0.2) is 0 Å². The molecule has 0 bridgehead atoms. The van der Waals surface area contributed by atoms with Crippen molar-refractivity contribution in [1.29, 1.82) is 0 Å². The Morgan fingerprint density at radius 2 is 2.20 bits per heavy atom. The third-order valence-electron chi connectivity index (χ3n) is 0.798. The van der Waals surface area contributed by atoms with E-state index in [0.717, 1.165) is 0 Å². The molecule has 0 aliphatic carbocycles. The van der Waals surface area contributed by atoms with Crippen LogP contribution in [0.3, 0.4) is 0 Å². The summed E-state index contributed by atoms with van der Waals surface area (Å²) in [5.41, 5.74) is 0. The Bertz CT molecular complexity index is 76.9. The predicted octanol–water partition coefficient (Wildman–Crippen LogP) is 0.544. The van der Waals surface area contributed by atoms with E-state index in [0.29, 0.717) is 19.8 Å². The highest BCUT2D eigenvalue weighted by Gasteiger charge is 2.07. The average molecular weight is 146 g/mol. The Morgan fingerprint density at radius 3 is 2.40 bits per heavy atom. The fraction of sp³-hybridized carbons (Fsp3) is 0.714. The van der Waals surface area contributed by atoms with Gasteiger partial charge < -0.3 is 14.6 Å². The minimum absolute atomic E-state index is 0.319. The molecule has 1 N–H and O–H groups in total. The van der Waals surface area contributed by atoms with Crippen LogP contribution < -0.4 is 0 Å². The van der Waals surface area contributed by atoms with E-state index >= 15 is 0 Å². The third kappa shape index (κ3) is 5.75. The van der Waals surface area contributed by atoms with Crippen molar-refractivity contribution in [3.63, 3.8) is 0 Å². The Morgan fingerprint density at radius 1 is 1.60 bits per heavy atom. The molecule has 1 heterocycles. The van der Waals surface area contributed by atoms with Crippen molar-refractivity contribution >= 4 is 0 Å². The fourth-order valence-electron chi connectivity index (χ4n) is 0.475. The van der Waals surface area contributed by atoms with Gasteiger partial charge in [0, 0.05) is 0 Å². The van der Waals surface area contributed by atoms with Crippen molar-refractivity contribution in [3.05, 3.63) is 12.7 Å². The molecule has 0 amide bonds. The molecule has 0 spiro atoms. The van der Waals surface area contributed by atoms with Gasteiger partial charge in [-0.2, -0.15) is 0 Å². The highest BCUT2D eigenvalue weighted by molar-refractivity contribution is 4.51. The van der Waals surface area contributed by atoms with Gasteiger partial charge >= 0.3 is 0 Å². The minimum Gasteiger partial charge on any atom is -0.374 e. The van der Waals surface area contributed by atoms with Crippen LogP contribution in [-0.2, 0) is 9.47 Å².